The van der Waals surface area contributed by atoms with Gasteiger partial charge in [-0.1, -0.05) is 72.3 Å². The number of rotatable bonds is 6. The van der Waals surface area contributed by atoms with Crippen LogP contribution in [0.5, 0.6) is 0 Å². The molecule has 176 valence electrons. The molecule has 0 heterocycles. The standard InChI is InChI=1S/C28H28ClNO4/c1-28(2,3)34-25(31)16-15-18-9-8-14-24(29)26(18)30-27(32)33-17-23-21-12-6-4-10-19(21)20-11-5-7-13-22(20)23/h4-14,23H,15-17H2,1-3H3,(H,30,32). The summed E-state index contributed by atoms with van der Waals surface area (Å²) in [6.45, 7) is 5.69. The van der Waals surface area contributed by atoms with Gasteiger partial charge >= 0.3 is 12.1 Å². The van der Waals surface area contributed by atoms with E-state index in [4.69, 9.17) is 21.1 Å². The molecule has 0 saturated heterocycles. The second-order valence-electron chi connectivity index (χ2n) is 9.31. The Morgan fingerprint density at radius 3 is 2.15 bits per heavy atom. The maximum absolute atomic E-state index is 12.7. The fourth-order valence-electron chi connectivity index (χ4n) is 4.28. The number of para-hydroxylation sites is 1. The lowest BCUT2D eigenvalue weighted by Crippen LogP contribution is -2.24. The molecule has 0 saturated carbocycles. The van der Waals surface area contributed by atoms with Crippen molar-refractivity contribution in [3.05, 3.63) is 88.4 Å². The Kier molecular flexibility index (Phi) is 6.94. The first-order valence-corrected chi connectivity index (χ1v) is 11.7. The molecule has 1 aliphatic rings. The van der Waals surface area contributed by atoms with Crippen LogP contribution >= 0.6 is 11.6 Å². The van der Waals surface area contributed by atoms with E-state index < -0.39 is 11.7 Å². The van der Waals surface area contributed by atoms with E-state index in [9.17, 15) is 9.59 Å². The van der Waals surface area contributed by atoms with Crippen LogP contribution in [0.3, 0.4) is 0 Å². The molecule has 1 aliphatic carbocycles. The number of nitrogens with one attached hydrogen (secondary N) is 1. The summed E-state index contributed by atoms with van der Waals surface area (Å²) in [5, 5.41) is 3.16. The van der Waals surface area contributed by atoms with Crippen molar-refractivity contribution in [2.75, 3.05) is 11.9 Å². The quantitative estimate of drug-likeness (QED) is 0.389. The highest BCUT2D eigenvalue weighted by atomic mass is 35.5. The van der Waals surface area contributed by atoms with Gasteiger partial charge in [0.05, 0.1) is 10.7 Å². The third kappa shape index (κ3) is 5.42. The van der Waals surface area contributed by atoms with E-state index in [2.05, 4.69) is 29.6 Å². The molecule has 1 amide bonds. The van der Waals surface area contributed by atoms with E-state index in [0.717, 1.165) is 16.7 Å². The molecule has 0 spiro atoms. The van der Waals surface area contributed by atoms with Crippen LogP contribution in [0.25, 0.3) is 11.1 Å². The first-order chi connectivity index (χ1) is 16.2. The first-order valence-electron chi connectivity index (χ1n) is 11.3. The maximum atomic E-state index is 12.7. The van der Waals surface area contributed by atoms with Crippen LogP contribution in [-0.2, 0) is 20.7 Å². The van der Waals surface area contributed by atoms with Gasteiger partial charge in [-0.2, -0.15) is 0 Å². The first kappa shape index (κ1) is 23.8. The van der Waals surface area contributed by atoms with Crippen molar-refractivity contribution in [2.45, 2.75) is 45.1 Å². The summed E-state index contributed by atoms with van der Waals surface area (Å²) >= 11 is 6.37. The lowest BCUT2D eigenvalue weighted by molar-refractivity contribution is -0.154. The van der Waals surface area contributed by atoms with Gasteiger partial charge in [0.15, 0.2) is 0 Å². The van der Waals surface area contributed by atoms with Crippen molar-refractivity contribution < 1.29 is 19.1 Å². The summed E-state index contributed by atoms with van der Waals surface area (Å²) in [5.41, 5.74) is 5.27. The maximum Gasteiger partial charge on any atom is 0.411 e. The van der Waals surface area contributed by atoms with E-state index >= 15 is 0 Å². The number of fused-ring (bicyclic) bond motifs is 3. The number of benzene rings is 3. The topological polar surface area (TPSA) is 64.6 Å². The molecule has 34 heavy (non-hydrogen) atoms. The number of ether oxygens (including phenoxy) is 2. The van der Waals surface area contributed by atoms with Gasteiger partial charge in [0.2, 0.25) is 0 Å². The fourth-order valence-corrected chi connectivity index (χ4v) is 4.52. The number of halogens is 1. The molecule has 3 aromatic carbocycles. The van der Waals surface area contributed by atoms with Crippen molar-refractivity contribution in [3.63, 3.8) is 0 Å². The zero-order valence-electron chi connectivity index (χ0n) is 19.6. The van der Waals surface area contributed by atoms with Crippen LogP contribution in [0.15, 0.2) is 66.7 Å². The number of aryl methyl sites for hydroxylation is 1. The largest absolute Gasteiger partial charge is 0.460 e. The number of esters is 1. The number of carbonyl (C=O) groups is 2. The molecule has 0 bridgehead atoms. The van der Waals surface area contributed by atoms with Crippen LogP contribution in [-0.4, -0.2) is 24.3 Å². The second-order valence-corrected chi connectivity index (χ2v) is 9.72. The van der Waals surface area contributed by atoms with Crippen molar-refractivity contribution >= 4 is 29.4 Å². The van der Waals surface area contributed by atoms with Gasteiger partial charge in [0.1, 0.15) is 12.2 Å². The van der Waals surface area contributed by atoms with Crippen LogP contribution in [0.2, 0.25) is 5.02 Å². The molecule has 0 atom stereocenters. The molecular formula is C28H28ClNO4. The highest BCUT2D eigenvalue weighted by molar-refractivity contribution is 6.33. The molecule has 0 fully saturated rings. The Morgan fingerprint density at radius 1 is 0.912 bits per heavy atom. The summed E-state index contributed by atoms with van der Waals surface area (Å²) in [5.74, 6) is -0.337. The predicted octanol–water partition coefficient (Wildman–Crippen LogP) is 6.98. The Morgan fingerprint density at radius 2 is 1.53 bits per heavy atom. The molecule has 0 aliphatic heterocycles. The summed E-state index contributed by atoms with van der Waals surface area (Å²) in [6, 6.07) is 21.7. The number of hydrogen-bond acceptors (Lipinski definition) is 4. The van der Waals surface area contributed by atoms with Crippen molar-refractivity contribution in [2.24, 2.45) is 0 Å². The Bertz CT molecular complexity index is 1170. The summed E-state index contributed by atoms with van der Waals surface area (Å²) in [7, 11) is 0. The average Bonchev–Trinajstić information content (AvgIpc) is 3.11. The molecule has 0 radical (unpaired) electrons. The normalized spacial score (nSPS) is 12.6. The number of amides is 1. The zero-order chi connectivity index (χ0) is 24.3. The van der Waals surface area contributed by atoms with Gasteiger partial charge in [-0.25, -0.2) is 4.79 Å². The molecule has 0 unspecified atom stereocenters. The molecule has 6 heteroatoms. The minimum absolute atomic E-state index is 0.0314. The Balaban J connectivity index is 1.43. The third-order valence-corrected chi connectivity index (χ3v) is 6.00. The number of anilines is 1. The highest BCUT2D eigenvalue weighted by Gasteiger charge is 2.29. The van der Waals surface area contributed by atoms with Crippen LogP contribution < -0.4 is 5.32 Å². The monoisotopic (exact) mass is 477 g/mol. The van der Waals surface area contributed by atoms with Gasteiger partial charge in [-0.3, -0.25) is 10.1 Å². The van der Waals surface area contributed by atoms with Gasteiger partial charge in [-0.15, -0.1) is 0 Å². The fraction of sp³-hybridized carbons (Fsp3) is 0.286. The van der Waals surface area contributed by atoms with Crippen LogP contribution in [0.4, 0.5) is 10.5 Å². The van der Waals surface area contributed by atoms with Gasteiger partial charge in [0, 0.05) is 12.3 Å². The van der Waals surface area contributed by atoms with Crippen molar-refractivity contribution in [3.8, 4) is 11.1 Å². The Labute approximate surface area is 205 Å². The molecular weight excluding hydrogens is 450 g/mol. The number of carbonyl (C=O) groups excluding carboxylic acids is 2. The zero-order valence-corrected chi connectivity index (χ0v) is 20.3. The van der Waals surface area contributed by atoms with Crippen LogP contribution in [0, 0.1) is 0 Å². The van der Waals surface area contributed by atoms with Crippen LogP contribution in [0.1, 0.15) is 49.8 Å². The molecule has 3 aromatic rings. The minimum Gasteiger partial charge on any atom is -0.460 e. The van der Waals surface area contributed by atoms with E-state index in [-0.39, 0.29) is 24.9 Å². The second kappa shape index (κ2) is 9.90. The summed E-state index contributed by atoms with van der Waals surface area (Å²) in [6.07, 6.45) is -0.0284. The van der Waals surface area contributed by atoms with E-state index in [0.29, 0.717) is 17.1 Å². The average molecular weight is 478 g/mol. The highest BCUT2D eigenvalue weighted by Crippen LogP contribution is 2.44. The predicted molar refractivity (Wildman–Crippen MR) is 134 cm³/mol. The van der Waals surface area contributed by atoms with Gasteiger partial charge in [0.25, 0.3) is 0 Å². The summed E-state index contributed by atoms with van der Waals surface area (Å²) in [4.78, 5) is 24.9. The van der Waals surface area contributed by atoms with Gasteiger partial charge < -0.3 is 9.47 Å². The lowest BCUT2D eigenvalue weighted by atomic mass is 9.98. The minimum atomic E-state index is -0.589. The Hall–Kier alpha value is -3.31. The number of hydrogen-bond donors (Lipinski definition) is 1. The molecule has 1 N–H and O–H groups in total. The van der Waals surface area contributed by atoms with Crippen molar-refractivity contribution in [1.82, 2.24) is 0 Å². The SMILES string of the molecule is CC(C)(C)OC(=O)CCc1cccc(Cl)c1NC(=O)OCC1c2ccccc2-c2ccccc21. The molecule has 5 nitrogen and oxygen atoms in total. The lowest BCUT2D eigenvalue weighted by Gasteiger charge is -2.20. The summed E-state index contributed by atoms with van der Waals surface area (Å²) < 4.78 is 11.0. The molecule has 0 aromatic heterocycles. The molecule has 4 rings (SSSR count). The van der Waals surface area contributed by atoms with E-state index in [1.165, 1.54) is 11.1 Å². The van der Waals surface area contributed by atoms with Crippen molar-refractivity contribution in [1.29, 1.82) is 0 Å². The van der Waals surface area contributed by atoms with Gasteiger partial charge in [-0.05, 0) is 61.1 Å². The third-order valence-electron chi connectivity index (χ3n) is 5.69. The van der Waals surface area contributed by atoms with E-state index in [1.807, 2.05) is 51.1 Å². The smallest absolute Gasteiger partial charge is 0.411 e. The van der Waals surface area contributed by atoms with E-state index in [1.54, 1.807) is 12.1 Å².